The Morgan fingerprint density at radius 1 is 0.686 bits per heavy atom. The standard InChI is InChI=1S/C18H29N5O10S2/c19-8(17(30)31)1-3-12(24)22-11(7-35)16(29)23-9(18(32)33)2-4-13(25)21-10(6-34)15(28)20-5-14(26)27/h8-11,34-35H,1-7,19H2,(H,20,28)(H,21,25)(H,22,24)(H,23,29)(H,26,27)(H,30,31)(H,32,33)/t8-,9-,10?,11?/m0/s1. The molecule has 4 amide bonds. The topological polar surface area (TPSA) is 254 Å². The van der Waals surface area contributed by atoms with E-state index in [9.17, 15) is 38.7 Å². The highest BCUT2D eigenvalue weighted by Crippen LogP contribution is 2.02. The van der Waals surface area contributed by atoms with E-state index in [-0.39, 0.29) is 30.8 Å². The van der Waals surface area contributed by atoms with Crippen LogP contribution in [0.25, 0.3) is 0 Å². The molecule has 0 rings (SSSR count). The lowest BCUT2D eigenvalue weighted by Gasteiger charge is -2.21. The molecule has 198 valence electrons. The number of carboxylic acids is 3. The number of hydrogen-bond acceptors (Lipinski definition) is 10. The van der Waals surface area contributed by atoms with Crippen molar-refractivity contribution in [2.45, 2.75) is 49.9 Å². The minimum atomic E-state index is -1.52. The Morgan fingerprint density at radius 3 is 1.60 bits per heavy atom. The number of carbonyl (C=O) groups is 7. The van der Waals surface area contributed by atoms with Crippen LogP contribution in [0.3, 0.4) is 0 Å². The molecule has 0 aliphatic rings. The van der Waals surface area contributed by atoms with Crippen LogP contribution >= 0.6 is 25.3 Å². The first-order valence-electron chi connectivity index (χ1n) is 10.1. The van der Waals surface area contributed by atoms with Crippen molar-refractivity contribution in [2.75, 3.05) is 18.1 Å². The van der Waals surface area contributed by atoms with Gasteiger partial charge in [0, 0.05) is 24.3 Å². The summed E-state index contributed by atoms with van der Waals surface area (Å²) in [6.45, 7) is -0.665. The molecule has 0 heterocycles. The van der Waals surface area contributed by atoms with Crippen molar-refractivity contribution in [1.29, 1.82) is 0 Å². The highest BCUT2D eigenvalue weighted by atomic mass is 32.1. The average molecular weight is 540 g/mol. The van der Waals surface area contributed by atoms with E-state index in [2.05, 4.69) is 46.5 Å². The smallest absolute Gasteiger partial charge is 0.326 e. The molecule has 0 saturated heterocycles. The first-order chi connectivity index (χ1) is 16.3. The van der Waals surface area contributed by atoms with Crippen LogP contribution in [-0.4, -0.2) is 99.1 Å². The summed E-state index contributed by atoms with van der Waals surface area (Å²) in [7, 11) is 0. The molecule has 15 nitrogen and oxygen atoms in total. The molecular formula is C18H29N5O10S2. The monoisotopic (exact) mass is 539 g/mol. The van der Waals surface area contributed by atoms with Crippen molar-refractivity contribution in [3.8, 4) is 0 Å². The molecule has 0 bridgehead atoms. The fraction of sp³-hybridized carbons (Fsp3) is 0.611. The number of amides is 4. The predicted octanol–water partition coefficient (Wildman–Crippen LogP) is -3.44. The van der Waals surface area contributed by atoms with Gasteiger partial charge in [0.25, 0.3) is 0 Å². The second-order valence-electron chi connectivity index (χ2n) is 7.14. The second-order valence-corrected chi connectivity index (χ2v) is 7.87. The fourth-order valence-electron chi connectivity index (χ4n) is 2.42. The average Bonchev–Trinajstić information content (AvgIpc) is 2.79. The molecule has 0 radical (unpaired) electrons. The van der Waals surface area contributed by atoms with Crippen molar-refractivity contribution < 1.29 is 48.9 Å². The van der Waals surface area contributed by atoms with Gasteiger partial charge in [-0.3, -0.25) is 28.8 Å². The molecule has 0 saturated carbocycles. The molecule has 0 aromatic heterocycles. The van der Waals surface area contributed by atoms with Crippen LogP contribution in [0.15, 0.2) is 0 Å². The number of aliphatic carboxylic acids is 3. The lowest BCUT2D eigenvalue weighted by atomic mass is 10.1. The molecule has 4 atom stereocenters. The van der Waals surface area contributed by atoms with E-state index in [0.29, 0.717) is 0 Å². The van der Waals surface area contributed by atoms with Crippen LogP contribution in [0.4, 0.5) is 0 Å². The van der Waals surface area contributed by atoms with Crippen LogP contribution < -0.4 is 27.0 Å². The maximum atomic E-state index is 12.4. The number of nitrogens with two attached hydrogens (primary N) is 1. The van der Waals surface area contributed by atoms with Gasteiger partial charge >= 0.3 is 17.9 Å². The van der Waals surface area contributed by atoms with Crippen LogP contribution in [-0.2, 0) is 33.6 Å². The Balaban J connectivity index is 4.83. The van der Waals surface area contributed by atoms with Crippen molar-refractivity contribution in [1.82, 2.24) is 21.3 Å². The van der Waals surface area contributed by atoms with Crippen LogP contribution in [0.5, 0.6) is 0 Å². The summed E-state index contributed by atoms with van der Waals surface area (Å²) in [4.78, 5) is 81.0. The molecule has 35 heavy (non-hydrogen) atoms. The van der Waals surface area contributed by atoms with E-state index in [4.69, 9.17) is 15.9 Å². The van der Waals surface area contributed by atoms with Gasteiger partial charge in [-0.25, -0.2) is 4.79 Å². The van der Waals surface area contributed by atoms with Gasteiger partial charge in [0.15, 0.2) is 0 Å². The van der Waals surface area contributed by atoms with Gasteiger partial charge in [-0.05, 0) is 12.8 Å². The fourth-order valence-corrected chi connectivity index (χ4v) is 2.94. The summed E-state index contributed by atoms with van der Waals surface area (Å²) >= 11 is 7.84. The van der Waals surface area contributed by atoms with Gasteiger partial charge in [0.2, 0.25) is 23.6 Å². The Hall–Kier alpha value is -3.05. The van der Waals surface area contributed by atoms with Crippen molar-refractivity contribution in [3.05, 3.63) is 0 Å². The zero-order chi connectivity index (χ0) is 27.1. The van der Waals surface area contributed by atoms with Gasteiger partial charge in [-0.1, -0.05) is 0 Å². The lowest BCUT2D eigenvalue weighted by Crippen LogP contribution is -2.53. The van der Waals surface area contributed by atoms with Crippen LogP contribution in [0, 0.1) is 0 Å². The Kier molecular flexibility index (Phi) is 15.1. The van der Waals surface area contributed by atoms with Gasteiger partial charge in [-0.15, -0.1) is 0 Å². The second kappa shape index (κ2) is 16.6. The number of carboxylic acid groups (broad SMARTS) is 3. The van der Waals surface area contributed by atoms with Crippen LogP contribution in [0.2, 0.25) is 0 Å². The summed E-state index contributed by atoms with van der Waals surface area (Å²) in [5.41, 5.74) is 5.31. The number of carbonyl (C=O) groups excluding carboxylic acids is 4. The third kappa shape index (κ3) is 13.4. The number of rotatable bonds is 17. The molecule has 0 spiro atoms. The molecule has 9 N–H and O–H groups in total. The summed E-state index contributed by atoms with van der Waals surface area (Å²) in [6.07, 6.45) is -1.27. The van der Waals surface area contributed by atoms with Crippen molar-refractivity contribution in [2.24, 2.45) is 5.73 Å². The Labute approximate surface area is 210 Å². The summed E-state index contributed by atoms with van der Waals surface area (Å²) in [5, 5.41) is 35.5. The molecule has 0 aromatic carbocycles. The molecule has 0 aliphatic heterocycles. The zero-order valence-electron chi connectivity index (χ0n) is 18.4. The lowest BCUT2D eigenvalue weighted by molar-refractivity contribution is -0.142. The van der Waals surface area contributed by atoms with Crippen molar-refractivity contribution in [3.63, 3.8) is 0 Å². The van der Waals surface area contributed by atoms with E-state index in [1.165, 1.54) is 0 Å². The molecule has 17 heteroatoms. The highest BCUT2D eigenvalue weighted by Gasteiger charge is 2.27. The third-order valence-electron chi connectivity index (χ3n) is 4.36. The maximum Gasteiger partial charge on any atom is 0.326 e. The molecular weight excluding hydrogens is 510 g/mol. The maximum absolute atomic E-state index is 12.4. The minimum Gasteiger partial charge on any atom is -0.480 e. The SMILES string of the molecule is N[C@@H](CCC(=O)NC(CS)C(=O)N[C@@H](CCC(=O)NC(CS)C(=O)NCC(=O)O)C(=O)O)C(=O)O. The molecule has 0 aliphatic carbocycles. The number of thiol groups is 2. The predicted molar refractivity (Wildman–Crippen MR) is 126 cm³/mol. The quantitative estimate of drug-likeness (QED) is 0.0813. The van der Waals surface area contributed by atoms with Crippen LogP contribution in [0.1, 0.15) is 25.7 Å². The molecule has 0 aromatic rings. The summed E-state index contributed by atoms with van der Waals surface area (Å²) < 4.78 is 0. The van der Waals surface area contributed by atoms with E-state index < -0.39 is 78.7 Å². The molecule has 2 unspecified atom stereocenters. The highest BCUT2D eigenvalue weighted by molar-refractivity contribution is 7.80. The van der Waals surface area contributed by atoms with Gasteiger partial charge in [0.05, 0.1) is 0 Å². The largest absolute Gasteiger partial charge is 0.480 e. The van der Waals surface area contributed by atoms with E-state index in [0.717, 1.165) is 0 Å². The number of nitrogens with one attached hydrogen (secondary N) is 4. The van der Waals surface area contributed by atoms with Crippen molar-refractivity contribution >= 4 is 66.8 Å². The van der Waals surface area contributed by atoms with E-state index in [1.54, 1.807) is 0 Å². The minimum absolute atomic E-state index is 0.156. The third-order valence-corrected chi connectivity index (χ3v) is 5.09. The first kappa shape index (κ1) is 31.9. The Morgan fingerprint density at radius 2 is 1.17 bits per heavy atom. The molecule has 0 fully saturated rings. The van der Waals surface area contributed by atoms with Gasteiger partial charge in [-0.2, -0.15) is 25.3 Å². The summed E-state index contributed by atoms with van der Waals surface area (Å²) in [6, 6.07) is -5.20. The van der Waals surface area contributed by atoms with Gasteiger partial charge < -0.3 is 42.3 Å². The summed E-state index contributed by atoms with van der Waals surface area (Å²) in [5.74, 6) is -7.54. The van der Waals surface area contributed by atoms with E-state index >= 15 is 0 Å². The van der Waals surface area contributed by atoms with E-state index in [1.807, 2.05) is 0 Å². The Bertz CT molecular complexity index is 813. The normalized spacial score (nSPS) is 13.9. The number of hydrogen-bond donors (Lipinski definition) is 10. The van der Waals surface area contributed by atoms with Gasteiger partial charge in [0.1, 0.15) is 30.7 Å². The first-order valence-corrected chi connectivity index (χ1v) is 11.4. The zero-order valence-corrected chi connectivity index (χ0v) is 20.2.